The molecule has 0 spiro atoms. The zero-order valence-electron chi connectivity index (χ0n) is 9.18. The second kappa shape index (κ2) is 7.25. The Kier molecular flexibility index (Phi) is 5.80. The zero-order valence-corrected chi connectivity index (χ0v) is 9.18. The number of rotatable bonds is 6. The van der Waals surface area contributed by atoms with Crippen LogP contribution in [0.25, 0.3) is 0 Å². The molecule has 1 aliphatic heterocycles. The smallest absolute Gasteiger partial charge is 0.219 e. The SMILES string of the molecule is CCC(=O)NCCCNC1NC=CCN1. The number of hydrogen-bond acceptors (Lipinski definition) is 4. The van der Waals surface area contributed by atoms with Crippen LogP contribution >= 0.6 is 0 Å². The molecule has 0 radical (unpaired) electrons. The number of hydrogen-bond donors (Lipinski definition) is 4. The first-order chi connectivity index (χ1) is 7.33. The average molecular weight is 212 g/mol. The Labute approximate surface area is 90.7 Å². The molecule has 4 N–H and O–H groups in total. The van der Waals surface area contributed by atoms with Crippen LogP contribution < -0.4 is 21.3 Å². The third kappa shape index (κ3) is 5.39. The molecular weight excluding hydrogens is 192 g/mol. The standard InChI is InChI=1S/C10H20N4O/c1-2-9(15)11-5-3-6-12-10-13-7-4-8-14-10/h4,7,10,12-14H,2-3,5-6,8H2,1H3,(H,11,15). The van der Waals surface area contributed by atoms with Crippen molar-refractivity contribution in [3.8, 4) is 0 Å². The van der Waals surface area contributed by atoms with Crippen LogP contribution in [0, 0.1) is 0 Å². The van der Waals surface area contributed by atoms with Gasteiger partial charge in [0.25, 0.3) is 0 Å². The van der Waals surface area contributed by atoms with E-state index in [2.05, 4.69) is 21.3 Å². The Hall–Kier alpha value is -1.07. The van der Waals surface area contributed by atoms with E-state index < -0.39 is 0 Å². The molecule has 5 nitrogen and oxygen atoms in total. The highest BCUT2D eigenvalue weighted by Gasteiger charge is 2.05. The molecule has 5 heteroatoms. The van der Waals surface area contributed by atoms with Crippen molar-refractivity contribution in [2.45, 2.75) is 26.1 Å². The monoisotopic (exact) mass is 212 g/mol. The van der Waals surface area contributed by atoms with Crippen molar-refractivity contribution < 1.29 is 4.79 Å². The minimum absolute atomic E-state index is 0.117. The van der Waals surface area contributed by atoms with Crippen LogP contribution in [-0.2, 0) is 4.79 Å². The predicted octanol–water partition coefficient (Wildman–Crippen LogP) is -0.518. The molecule has 1 unspecified atom stereocenters. The van der Waals surface area contributed by atoms with E-state index in [-0.39, 0.29) is 12.2 Å². The molecule has 0 aromatic carbocycles. The quantitative estimate of drug-likeness (QED) is 0.447. The highest BCUT2D eigenvalue weighted by Crippen LogP contribution is 1.83. The molecule has 86 valence electrons. The number of amides is 1. The van der Waals surface area contributed by atoms with E-state index in [0.717, 1.165) is 26.1 Å². The third-order valence-electron chi connectivity index (χ3n) is 2.17. The zero-order chi connectivity index (χ0) is 10.9. The van der Waals surface area contributed by atoms with Crippen LogP contribution in [0.1, 0.15) is 19.8 Å². The van der Waals surface area contributed by atoms with Crippen LogP contribution in [0.15, 0.2) is 12.3 Å². The van der Waals surface area contributed by atoms with Crippen molar-refractivity contribution in [2.24, 2.45) is 0 Å². The van der Waals surface area contributed by atoms with Gasteiger partial charge in [-0.2, -0.15) is 0 Å². The van der Waals surface area contributed by atoms with Crippen molar-refractivity contribution in [1.82, 2.24) is 21.3 Å². The second-order valence-electron chi connectivity index (χ2n) is 3.42. The third-order valence-corrected chi connectivity index (χ3v) is 2.17. The van der Waals surface area contributed by atoms with E-state index in [9.17, 15) is 4.79 Å². The number of carbonyl (C=O) groups excluding carboxylic acids is 1. The Morgan fingerprint density at radius 3 is 3.07 bits per heavy atom. The normalized spacial score (nSPS) is 19.7. The minimum atomic E-state index is 0.117. The predicted molar refractivity (Wildman–Crippen MR) is 60.0 cm³/mol. The van der Waals surface area contributed by atoms with Gasteiger partial charge in [-0.1, -0.05) is 13.0 Å². The molecule has 1 rings (SSSR count). The lowest BCUT2D eigenvalue weighted by Crippen LogP contribution is -2.53. The van der Waals surface area contributed by atoms with Gasteiger partial charge in [0.1, 0.15) is 6.29 Å². The average Bonchev–Trinajstić information content (AvgIpc) is 2.29. The van der Waals surface area contributed by atoms with Gasteiger partial charge < -0.3 is 10.6 Å². The highest BCUT2D eigenvalue weighted by atomic mass is 16.1. The molecule has 0 aromatic rings. The summed E-state index contributed by atoms with van der Waals surface area (Å²) in [6.45, 7) is 4.36. The van der Waals surface area contributed by atoms with Gasteiger partial charge in [-0.05, 0) is 19.2 Å². The summed E-state index contributed by atoms with van der Waals surface area (Å²) in [5.41, 5.74) is 0. The molecule has 1 amide bonds. The topological polar surface area (TPSA) is 65.2 Å². The summed E-state index contributed by atoms with van der Waals surface area (Å²) in [4.78, 5) is 10.9. The molecule has 1 heterocycles. The van der Waals surface area contributed by atoms with Crippen LogP contribution in [0.5, 0.6) is 0 Å². The van der Waals surface area contributed by atoms with Crippen LogP contribution in [-0.4, -0.2) is 31.8 Å². The molecule has 15 heavy (non-hydrogen) atoms. The van der Waals surface area contributed by atoms with Crippen molar-refractivity contribution in [2.75, 3.05) is 19.6 Å². The molecule has 0 aromatic heterocycles. The lowest BCUT2D eigenvalue weighted by atomic mass is 10.4. The molecule has 0 saturated carbocycles. The van der Waals surface area contributed by atoms with Gasteiger partial charge in [-0.25, -0.2) is 0 Å². The highest BCUT2D eigenvalue weighted by molar-refractivity contribution is 5.75. The Bertz CT molecular complexity index is 217. The summed E-state index contributed by atoms with van der Waals surface area (Å²) in [5.74, 6) is 0.117. The summed E-state index contributed by atoms with van der Waals surface area (Å²) >= 11 is 0. The van der Waals surface area contributed by atoms with Crippen molar-refractivity contribution in [3.05, 3.63) is 12.3 Å². The summed E-state index contributed by atoms with van der Waals surface area (Å²) in [6, 6.07) is 0. The van der Waals surface area contributed by atoms with Gasteiger partial charge in [-0.3, -0.25) is 15.4 Å². The molecule has 1 atom stereocenters. The van der Waals surface area contributed by atoms with Gasteiger partial charge in [0.05, 0.1) is 0 Å². The summed E-state index contributed by atoms with van der Waals surface area (Å²) in [5, 5.41) is 12.5. The van der Waals surface area contributed by atoms with Gasteiger partial charge in [0.15, 0.2) is 0 Å². The van der Waals surface area contributed by atoms with E-state index in [1.54, 1.807) is 0 Å². The first-order valence-corrected chi connectivity index (χ1v) is 5.47. The molecule has 0 saturated heterocycles. The molecular formula is C10H20N4O. The van der Waals surface area contributed by atoms with E-state index in [1.807, 2.05) is 19.2 Å². The number of carbonyl (C=O) groups is 1. The maximum Gasteiger partial charge on any atom is 0.219 e. The van der Waals surface area contributed by atoms with Crippen molar-refractivity contribution >= 4 is 5.91 Å². The molecule has 0 aliphatic carbocycles. The maximum atomic E-state index is 10.9. The first-order valence-electron chi connectivity index (χ1n) is 5.47. The van der Waals surface area contributed by atoms with Crippen molar-refractivity contribution in [1.29, 1.82) is 0 Å². The van der Waals surface area contributed by atoms with Gasteiger partial charge >= 0.3 is 0 Å². The minimum Gasteiger partial charge on any atom is -0.364 e. The van der Waals surface area contributed by atoms with Crippen LogP contribution in [0.4, 0.5) is 0 Å². The summed E-state index contributed by atoms with van der Waals surface area (Å²) in [7, 11) is 0. The Morgan fingerprint density at radius 1 is 1.53 bits per heavy atom. The van der Waals surface area contributed by atoms with E-state index in [1.165, 1.54) is 0 Å². The molecule has 0 bridgehead atoms. The molecule has 0 fully saturated rings. The first kappa shape index (κ1) is 12.0. The summed E-state index contributed by atoms with van der Waals surface area (Å²) in [6.07, 6.45) is 5.61. The largest absolute Gasteiger partial charge is 0.364 e. The van der Waals surface area contributed by atoms with Crippen molar-refractivity contribution in [3.63, 3.8) is 0 Å². The lowest BCUT2D eigenvalue weighted by Gasteiger charge is -2.22. The van der Waals surface area contributed by atoms with Crippen LogP contribution in [0.3, 0.4) is 0 Å². The van der Waals surface area contributed by atoms with Gasteiger partial charge in [0.2, 0.25) is 5.91 Å². The second-order valence-corrected chi connectivity index (χ2v) is 3.42. The van der Waals surface area contributed by atoms with E-state index in [4.69, 9.17) is 0 Å². The van der Waals surface area contributed by atoms with E-state index in [0.29, 0.717) is 6.42 Å². The fraction of sp³-hybridized carbons (Fsp3) is 0.700. The Morgan fingerprint density at radius 2 is 2.40 bits per heavy atom. The van der Waals surface area contributed by atoms with Gasteiger partial charge in [-0.15, -0.1) is 0 Å². The molecule has 1 aliphatic rings. The lowest BCUT2D eigenvalue weighted by molar-refractivity contribution is -0.120. The fourth-order valence-corrected chi connectivity index (χ4v) is 1.29. The van der Waals surface area contributed by atoms with Gasteiger partial charge in [0, 0.05) is 19.5 Å². The fourth-order valence-electron chi connectivity index (χ4n) is 1.29. The number of nitrogens with one attached hydrogen (secondary N) is 4. The van der Waals surface area contributed by atoms with Crippen LogP contribution in [0.2, 0.25) is 0 Å². The Balaban J connectivity index is 1.92. The van der Waals surface area contributed by atoms with E-state index >= 15 is 0 Å². The maximum absolute atomic E-state index is 10.9. The summed E-state index contributed by atoms with van der Waals surface area (Å²) < 4.78 is 0.